The summed E-state index contributed by atoms with van der Waals surface area (Å²) in [6.07, 6.45) is -1.38. The molecule has 0 bridgehead atoms. The quantitative estimate of drug-likeness (QED) is 0.611. The molecule has 1 atom stereocenters. The highest BCUT2D eigenvalue weighted by Gasteiger charge is 2.26. The van der Waals surface area contributed by atoms with E-state index in [4.69, 9.17) is 4.74 Å². The largest absolute Gasteiger partial charge is 0.446 e. The second-order valence-electron chi connectivity index (χ2n) is 5.82. The van der Waals surface area contributed by atoms with E-state index in [-0.39, 0.29) is 5.56 Å². The summed E-state index contributed by atoms with van der Waals surface area (Å²) in [6.45, 7) is 1.47. The van der Waals surface area contributed by atoms with Crippen molar-refractivity contribution in [1.82, 2.24) is 16.0 Å². The Kier molecular flexibility index (Phi) is 7.84. The molecule has 0 aliphatic rings. The smallest absolute Gasteiger partial charge is 0.326 e. The maximum Gasteiger partial charge on any atom is 0.326 e. The van der Waals surface area contributed by atoms with Crippen LogP contribution in [0.1, 0.15) is 28.9 Å². The van der Waals surface area contributed by atoms with E-state index in [1.54, 1.807) is 37.3 Å². The summed E-state index contributed by atoms with van der Waals surface area (Å²) in [6, 6.07) is 12.2. The van der Waals surface area contributed by atoms with Crippen molar-refractivity contribution < 1.29 is 28.3 Å². The molecule has 0 heterocycles. The normalized spacial score (nSPS) is 11.1. The van der Waals surface area contributed by atoms with Gasteiger partial charge in [-0.05, 0) is 31.2 Å². The first-order valence-electron chi connectivity index (χ1n) is 8.77. The Labute approximate surface area is 166 Å². The maximum absolute atomic E-state index is 12.9. The minimum atomic E-state index is -1.38. The number of ether oxygens (including phenoxy) is 1. The van der Waals surface area contributed by atoms with E-state index in [0.717, 1.165) is 12.1 Å². The molecule has 0 fully saturated rings. The third kappa shape index (κ3) is 6.73. The maximum atomic E-state index is 12.9. The fourth-order valence-corrected chi connectivity index (χ4v) is 2.31. The molecular weight excluding hydrogens is 381 g/mol. The number of hydrogen-bond donors (Lipinski definition) is 3. The second kappa shape index (κ2) is 10.5. The van der Waals surface area contributed by atoms with E-state index in [9.17, 15) is 23.6 Å². The van der Waals surface area contributed by atoms with Crippen LogP contribution in [0.2, 0.25) is 0 Å². The zero-order chi connectivity index (χ0) is 21.2. The summed E-state index contributed by atoms with van der Waals surface area (Å²) in [5, 5.41) is 6.82. The summed E-state index contributed by atoms with van der Waals surface area (Å²) in [5.41, 5.74) is 0.514. The van der Waals surface area contributed by atoms with Crippen LogP contribution in [0, 0.1) is 5.82 Å². The van der Waals surface area contributed by atoms with Crippen molar-refractivity contribution in [1.29, 1.82) is 0 Å². The van der Waals surface area contributed by atoms with E-state index in [0.29, 0.717) is 12.1 Å². The Balaban J connectivity index is 2.01. The number of rotatable bonds is 7. The number of carbonyl (C=O) groups is 4. The van der Waals surface area contributed by atoms with Crippen LogP contribution in [0.5, 0.6) is 0 Å². The molecule has 3 N–H and O–H groups in total. The van der Waals surface area contributed by atoms with Gasteiger partial charge in [0, 0.05) is 17.7 Å². The first-order chi connectivity index (χ1) is 13.9. The van der Waals surface area contributed by atoms with Crippen LogP contribution in [0.3, 0.4) is 0 Å². The first-order valence-corrected chi connectivity index (χ1v) is 8.77. The van der Waals surface area contributed by atoms with Crippen molar-refractivity contribution in [2.75, 3.05) is 13.1 Å². The van der Waals surface area contributed by atoms with Crippen molar-refractivity contribution in [2.45, 2.75) is 13.0 Å². The highest BCUT2D eigenvalue weighted by molar-refractivity contribution is 5.98. The molecule has 0 aliphatic heterocycles. The topological polar surface area (TPSA) is 114 Å². The van der Waals surface area contributed by atoms with Gasteiger partial charge in [-0.3, -0.25) is 19.7 Å². The number of carbonyl (C=O) groups excluding carboxylic acids is 4. The lowest BCUT2D eigenvalue weighted by atomic mass is 10.1. The number of hydrogen-bond acceptors (Lipinski definition) is 5. The number of benzene rings is 2. The van der Waals surface area contributed by atoms with E-state index < -0.39 is 42.3 Å². The third-order valence-corrected chi connectivity index (χ3v) is 3.66. The van der Waals surface area contributed by atoms with Crippen molar-refractivity contribution >= 4 is 23.8 Å². The van der Waals surface area contributed by atoms with E-state index >= 15 is 0 Å². The third-order valence-electron chi connectivity index (χ3n) is 3.66. The van der Waals surface area contributed by atoms with Crippen LogP contribution in [0.25, 0.3) is 0 Å². The summed E-state index contributed by atoms with van der Waals surface area (Å²) in [4.78, 5) is 48.1. The SMILES string of the molecule is CCNC(=O)NC(=O)[C@@H](OC(=O)CNC(=O)c1ccc(F)cc1)c1ccccc1. The summed E-state index contributed by atoms with van der Waals surface area (Å²) in [5.74, 6) is -2.82. The van der Waals surface area contributed by atoms with Gasteiger partial charge >= 0.3 is 12.0 Å². The van der Waals surface area contributed by atoms with Gasteiger partial charge in [0.25, 0.3) is 11.8 Å². The molecule has 0 aliphatic carbocycles. The van der Waals surface area contributed by atoms with Gasteiger partial charge < -0.3 is 15.4 Å². The Morgan fingerprint density at radius 3 is 2.24 bits per heavy atom. The molecule has 0 unspecified atom stereocenters. The van der Waals surface area contributed by atoms with Crippen molar-refractivity contribution in [3.8, 4) is 0 Å². The predicted octanol–water partition coefficient (Wildman–Crippen LogP) is 1.69. The molecule has 8 nitrogen and oxygen atoms in total. The molecule has 29 heavy (non-hydrogen) atoms. The minimum absolute atomic E-state index is 0.160. The molecule has 0 radical (unpaired) electrons. The van der Waals surface area contributed by atoms with Gasteiger partial charge in [-0.25, -0.2) is 9.18 Å². The number of imide groups is 1. The number of halogens is 1. The number of esters is 1. The van der Waals surface area contributed by atoms with Gasteiger partial charge in [-0.15, -0.1) is 0 Å². The Bertz CT molecular complexity index is 871. The zero-order valence-electron chi connectivity index (χ0n) is 15.6. The van der Waals surface area contributed by atoms with E-state index in [1.165, 1.54) is 12.1 Å². The van der Waals surface area contributed by atoms with Crippen LogP contribution in [-0.2, 0) is 14.3 Å². The van der Waals surface area contributed by atoms with Gasteiger partial charge in [0.1, 0.15) is 12.4 Å². The van der Waals surface area contributed by atoms with Gasteiger partial charge in [0.15, 0.2) is 0 Å². The number of urea groups is 1. The average molecular weight is 401 g/mol. The van der Waals surface area contributed by atoms with Crippen LogP contribution in [0.4, 0.5) is 9.18 Å². The molecule has 0 saturated carbocycles. The van der Waals surface area contributed by atoms with Gasteiger partial charge in [-0.1, -0.05) is 30.3 Å². The molecule has 152 valence electrons. The van der Waals surface area contributed by atoms with Crippen LogP contribution < -0.4 is 16.0 Å². The molecule has 9 heteroatoms. The second-order valence-corrected chi connectivity index (χ2v) is 5.82. The zero-order valence-corrected chi connectivity index (χ0v) is 15.6. The molecule has 4 amide bonds. The monoisotopic (exact) mass is 401 g/mol. The summed E-state index contributed by atoms with van der Waals surface area (Å²) >= 11 is 0. The van der Waals surface area contributed by atoms with Crippen molar-refractivity contribution in [2.24, 2.45) is 0 Å². The van der Waals surface area contributed by atoms with Crippen LogP contribution in [0.15, 0.2) is 54.6 Å². The molecule has 2 aromatic carbocycles. The fourth-order valence-electron chi connectivity index (χ4n) is 2.31. The molecule has 0 saturated heterocycles. The average Bonchev–Trinajstić information content (AvgIpc) is 2.71. The van der Waals surface area contributed by atoms with Gasteiger partial charge in [0.2, 0.25) is 6.10 Å². The van der Waals surface area contributed by atoms with Crippen molar-refractivity contribution in [3.63, 3.8) is 0 Å². The van der Waals surface area contributed by atoms with Crippen molar-refractivity contribution in [3.05, 3.63) is 71.5 Å². The van der Waals surface area contributed by atoms with Crippen LogP contribution in [-0.4, -0.2) is 36.9 Å². The standard InChI is InChI=1S/C20H20FN3O5/c1-2-22-20(28)24-19(27)17(13-6-4-3-5-7-13)29-16(25)12-23-18(26)14-8-10-15(21)11-9-14/h3-11,17H,2,12H2,1H3,(H,23,26)(H2,22,24,27,28)/t17-/m0/s1. The molecule has 0 spiro atoms. The van der Waals surface area contributed by atoms with E-state index in [1.807, 2.05) is 0 Å². The lowest BCUT2D eigenvalue weighted by Crippen LogP contribution is -2.43. The fraction of sp³-hybridized carbons (Fsp3) is 0.200. The lowest BCUT2D eigenvalue weighted by molar-refractivity contribution is -0.155. The van der Waals surface area contributed by atoms with Gasteiger partial charge in [-0.2, -0.15) is 0 Å². The van der Waals surface area contributed by atoms with E-state index in [2.05, 4.69) is 16.0 Å². The summed E-state index contributed by atoms with van der Waals surface area (Å²) in [7, 11) is 0. The molecule has 2 rings (SSSR count). The highest BCUT2D eigenvalue weighted by Crippen LogP contribution is 2.17. The first kappa shape index (κ1) is 21.5. The Morgan fingerprint density at radius 1 is 0.966 bits per heavy atom. The van der Waals surface area contributed by atoms with Gasteiger partial charge in [0.05, 0.1) is 0 Å². The Morgan fingerprint density at radius 2 is 1.62 bits per heavy atom. The molecule has 2 aromatic rings. The number of amides is 4. The minimum Gasteiger partial charge on any atom is -0.446 e. The number of nitrogens with one attached hydrogen (secondary N) is 3. The molecule has 0 aromatic heterocycles. The Hall–Kier alpha value is -3.75. The predicted molar refractivity (Wildman–Crippen MR) is 101 cm³/mol. The lowest BCUT2D eigenvalue weighted by Gasteiger charge is -2.18. The molecular formula is C20H20FN3O5. The summed E-state index contributed by atoms with van der Waals surface area (Å²) < 4.78 is 18.1. The van der Waals surface area contributed by atoms with Crippen LogP contribution >= 0.6 is 0 Å². The highest BCUT2D eigenvalue weighted by atomic mass is 19.1.